The third-order valence-corrected chi connectivity index (χ3v) is 4.97. The van der Waals surface area contributed by atoms with E-state index in [-0.39, 0.29) is 25.3 Å². The average molecular weight is 349 g/mol. The first-order valence-electron chi connectivity index (χ1n) is 8.14. The molecular weight excluding hydrogens is 328 g/mol. The zero-order valence-corrected chi connectivity index (χ0v) is 13.6. The number of hydrogen-bond donors (Lipinski definition) is 4. The van der Waals surface area contributed by atoms with E-state index >= 15 is 0 Å². The summed E-state index contributed by atoms with van der Waals surface area (Å²) in [7, 11) is 0. The second kappa shape index (κ2) is 6.37. The van der Waals surface area contributed by atoms with Crippen molar-refractivity contribution >= 4 is 23.6 Å². The van der Waals surface area contributed by atoms with Gasteiger partial charge in [0.15, 0.2) is 12.1 Å². The van der Waals surface area contributed by atoms with E-state index in [1.807, 2.05) is 0 Å². The molecule has 0 spiro atoms. The molecule has 2 fully saturated rings. The highest BCUT2D eigenvalue weighted by atomic mass is 16.2. The van der Waals surface area contributed by atoms with Crippen LogP contribution in [0.5, 0.6) is 0 Å². The smallest absolute Gasteiger partial charge is 0.344 e. The highest BCUT2D eigenvalue weighted by Crippen LogP contribution is 2.31. The van der Waals surface area contributed by atoms with Gasteiger partial charge in [-0.05, 0) is 0 Å². The summed E-state index contributed by atoms with van der Waals surface area (Å²) in [6.45, 7) is 0.161. The summed E-state index contributed by atoms with van der Waals surface area (Å²) >= 11 is 0. The second-order valence-corrected chi connectivity index (χ2v) is 6.54. The van der Waals surface area contributed by atoms with Crippen LogP contribution < -0.4 is 16.8 Å². The molecule has 6 N–H and O–H groups in total. The maximum Gasteiger partial charge on any atom is 0.344 e. The molecule has 134 valence electrons. The molecule has 2 saturated heterocycles. The number of amides is 4. The third kappa shape index (κ3) is 2.83. The molecule has 0 aromatic carbocycles. The van der Waals surface area contributed by atoms with Crippen LogP contribution in [0.15, 0.2) is 12.5 Å². The summed E-state index contributed by atoms with van der Waals surface area (Å²) in [5, 5.41) is 2.48. The number of carbonyl (C=O) groups is 4. The zero-order valence-electron chi connectivity index (χ0n) is 13.6. The summed E-state index contributed by atoms with van der Waals surface area (Å²) in [6.07, 6.45) is 4.02. The highest BCUT2D eigenvalue weighted by molar-refractivity contribution is 6.00. The normalized spacial score (nSPS) is 29.6. The number of β-lactam (4-membered cyclic amide) rings is 1. The van der Waals surface area contributed by atoms with Crippen molar-refractivity contribution in [3.05, 3.63) is 18.2 Å². The first kappa shape index (κ1) is 17.2. The summed E-state index contributed by atoms with van der Waals surface area (Å²) in [4.78, 5) is 56.0. The molecule has 1 aromatic rings. The van der Waals surface area contributed by atoms with E-state index in [9.17, 15) is 19.2 Å². The van der Waals surface area contributed by atoms with E-state index in [1.165, 1.54) is 6.33 Å². The van der Waals surface area contributed by atoms with E-state index in [2.05, 4.69) is 15.3 Å². The lowest BCUT2D eigenvalue weighted by Gasteiger charge is -2.39. The van der Waals surface area contributed by atoms with Gasteiger partial charge in [-0.15, -0.1) is 0 Å². The van der Waals surface area contributed by atoms with Crippen LogP contribution in [0.25, 0.3) is 0 Å². The predicted octanol–water partition coefficient (Wildman–Crippen LogP) is -2.31. The number of hydrogen-bond acceptors (Lipinski definition) is 6. The molecule has 4 atom stereocenters. The van der Waals surface area contributed by atoms with Crippen molar-refractivity contribution in [1.29, 1.82) is 0 Å². The number of imidazole rings is 1. The molecule has 0 bridgehead atoms. The lowest BCUT2D eigenvalue weighted by atomic mass is 9.99. The number of primary amides is 1. The minimum Gasteiger partial charge on any atom is -0.364 e. The van der Waals surface area contributed by atoms with E-state index in [0.717, 1.165) is 0 Å². The fraction of sp³-hybridized carbons (Fsp3) is 0.533. The van der Waals surface area contributed by atoms with Gasteiger partial charge in [-0.1, -0.05) is 0 Å². The number of nitrogens with two attached hydrogens (primary N) is 2. The number of likely N-dealkylation sites (tertiary alicyclic amines) is 1. The molecule has 3 rings (SSSR count). The van der Waals surface area contributed by atoms with Gasteiger partial charge in [0, 0.05) is 31.2 Å². The Balaban J connectivity index is 1.90. The highest BCUT2D eigenvalue weighted by Gasteiger charge is 2.60. The van der Waals surface area contributed by atoms with Crippen molar-refractivity contribution in [2.24, 2.45) is 11.5 Å². The molecule has 25 heavy (non-hydrogen) atoms. The first-order chi connectivity index (χ1) is 11.9. The monoisotopic (exact) mass is 349 g/mol. The molecule has 0 aliphatic carbocycles. The number of H-pyrrole nitrogens is 1. The van der Waals surface area contributed by atoms with Crippen molar-refractivity contribution in [3.8, 4) is 0 Å². The number of aromatic nitrogens is 2. The minimum absolute atomic E-state index is 0.00732. The Morgan fingerprint density at radius 1 is 1.40 bits per heavy atom. The molecule has 3 heterocycles. The first-order valence-corrected chi connectivity index (χ1v) is 8.14. The van der Waals surface area contributed by atoms with Crippen LogP contribution >= 0.6 is 0 Å². The van der Waals surface area contributed by atoms with Gasteiger partial charge in [-0.3, -0.25) is 9.59 Å². The second-order valence-electron chi connectivity index (χ2n) is 6.54. The number of quaternary nitrogens is 1. The van der Waals surface area contributed by atoms with Gasteiger partial charge >= 0.3 is 11.8 Å². The van der Waals surface area contributed by atoms with E-state index < -0.39 is 40.3 Å². The molecule has 0 saturated carbocycles. The van der Waals surface area contributed by atoms with Crippen LogP contribution in [0.4, 0.5) is 0 Å². The Kier molecular flexibility index (Phi) is 4.39. The standard InChI is InChI=1S/C15H20N6O4/c16-9(4-8-6-18-7-19-8)14(24)21(3-1-2-11(21)13(17)23)15(25)10-5-12(22)20-10/h6-7,9-11H,1-5,16H2,(H3-,17,18,19,20,22,23)/p+1/t9-,10-,11-,21?/m0/s1. The molecule has 10 heteroatoms. The van der Waals surface area contributed by atoms with Gasteiger partial charge < -0.3 is 21.8 Å². The molecule has 1 aromatic heterocycles. The van der Waals surface area contributed by atoms with Crippen LogP contribution in [0, 0.1) is 0 Å². The third-order valence-electron chi connectivity index (χ3n) is 4.97. The van der Waals surface area contributed by atoms with Crippen LogP contribution in [0.1, 0.15) is 25.0 Å². The number of imide groups is 1. The largest absolute Gasteiger partial charge is 0.364 e. The number of carbonyl (C=O) groups excluding carboxylic acids is 4. The van der Waals surface area contributed by atoms with Crippen molar-refractivity contribution in [2.75, 3.05) is 6.54 Å². The lowest BCUT2D eigenvalue weighted by Crippen LogP contribution is -2.73. The number of rotatable bonds is 5. The van der Waals surface area contributed by atoms with Gasteiger partial charge in [-0.2, -0.15) is 4.48 Å². The zero-order chi connectivity index (χ0) is 18.2. The van der Waals surface area contributed by atoms with Crippen LogP contribution in [0.2, 0.25) is 0 Å². The SMILES string of the molecule is NC(=O)[C@@H]1CCC[N+]1(C(=O)[C@@H]1CC(=O)N1)C(=O)[C@@H](N)Cc1cnc[nH]1. The van der Waals surface area contributed by atoms with Crippen LogP contribution in [-0.4, -0.2) is 62.7 Å². The topological polar surface area (TPSA) is 161 Å². The molecule has 2 aliphatic heterocycles. The Morgan fingerprint density at radius 3 is 2.68 bits per heavy atom. The van der Waals surface area contributed by atoms with Crippen molar-refractivity contribution in [2.45, 2.75) is 43.8 Å². The average Bonchev–Trinajstić information content (AvgIpc) is 3.20. The van der Waals surface area contributed by atoms with E-state index in [0.29, 0.717) is 18.5 Å². The summed E-state index contributed by atoms with van der Waals surface area (Å²) < 4.78 is -0.713. The summed E-state index contributed by atoms with van der Waals surface area (Å²) in [6, 6.07) is -2.73. The summed E-state index contributed by atoms with van der Waals surface area (Å²) in [5.41, 5.74) is 12.2. The number of nitrogens with one attached hydrogen (secondary N) is 2. The Morgan fingerprint density at radius 2 is 2.12 bits per heavy atom. The van der Waals surface area contributed by atoms with Crippen LogP contribution in [-0.2, 0) is 25.6 Å². The number of aromatic amines is 1. The fourth-order valence-corrected chi connectivity index (χ4v) is 3.71. The minimum atomic E-state index is -1.000. The van der Waals surface area contributed by atoms with Gasteiger partial charge in [0.05, 0.1) is 19.3 Å². The van der Waals surface area contributed by atoms with Crippen molar-refractivity contribution in [3.63, 3.8) is 0 Å². The molecule has 1 unspecified atom stereocenters. The maximum atomic E-state index is 13.1. The van der Waals surface area contributed by atoms with Crippen molar-refractivity contribution in [1.82, 2.24) is 15.3 Å². The Hall–Kier alpha value is -2.59. The number of nitrogens with zero attached hydrogens (tertiary/aromatic N) is 2. The lowest BCUT2D eigenvalue weighted by molar-refractivity contribution is -0.783. The van der Waals surface area contributed by atoms with Gasteiger partial charge in [0.1, 0.15) is 6.04 Å². The molecular formula is C15H21N6O4+. The molecule has 2 aliphatic rings. The summed E-state index contributed by atoms with van der Waals surface area (Å²) in [5.74, 6) is -2.04. The van der Waals surface area contributed by atoms with Gasteiger partial charge in [0.2, 0.25) is 5.91 Å². The predicted molar refractivity (Wildman–Crippen MR) is 84.2 cm³/mol. The van der Waals surface area contributed by atoms with E-state index in [1.54, 1.807) is 6.20 Å². The van der Waals surface area contributed by atoms with Gasteiger partial charge in [-0.25, -0.2) is 14.6 Å². The fourth-order valence-electron chi connectivity index (χ4n) is 3.71. The van der Waals surface area contributed by atoms with Gasteiger partial charge in [0.25, 0.3) is 5.91 Å². The molecule has 4 amide bonds. The molecule has 10 nitrogen and oxygen atoms in total. The molecule has 0 radical (unpaired) electrons. The van der Waals surface area contributed by atoms with E-state index in [4.69, 9.17) is 11.5 Å². The Bertz CT molecular complexity index is 710. The Labute approximate surface area is 143 Å². The van der Waals surface area contributed by atoms with Crippen molar-refractivity contribution < 1.29 is 23.7 Å². The van der Waals surface area contributed by atoms with Crippen LogP contribution in [0.3, 0.4) is 0 Å². The maximum absolute atomic E-state index is 13.1. The quantitative estimate of drug-likeness (QED) is 0.345.